The molecule has 3 aromatic rings. The number of amides is 1. The summed E-state index contributed by atoms with van der Waals surface area (Å²) in [6.07, 6.45) is 2.63. The standard InChI is InChI=1S/C22H15Cl2NO2S2/c1-2-13-6-8-14(9-7-13)25-21(26)19(29-22(25)28)12-15-10-11-18(27-15)20-16(23)4-3-5-17(20)24/h3-12H,2H2,1H3/b19-12+. The normalized spacial score (nSPS) is 15.6. The molecule has 4 rings (SSSR count). The van der Waals surface area contributed by atoms with Crippen LogP contribution in [0.4, 0.5) is 5.69 Å². The van der Waals surface area contributed by atoms with Gasteiger partial charge in [0.15, 0.2) is 4.32 Å². The van der Waals surface area contributed by atoms with Gasteiger partial charge in [-0.15, -0.1) is 0 Å². The molecule has 1 fully saturated rings. The zero-order chi connectivity index (χ0) is 20.5. The topological polar surface area (TPSA) is 33.5 Å². The Morgan fingerprint density at radius 3 is 2.41 bits per heavy atom. The largest absolute Gasteiger partial charge is 0.457 e. The molecular formula is C22H15Cl2NO2S2. The molecular weight excluding hydrogens is 445 g/mol. The van der Waals surface area contributed by atoms with E-state index in [0.717, 1.165) is 12.1 Å². The van der Waals surface area contributed by atoms with E-state index in [1.54, 1.807) is 41.3 Å². The number of thiocarbonyl (C=S) groups is 1. The van der Waals surface area contributed by atoms with Crippen molar-refractivity contribution in [3.05, 3.63) is 80.9 Å². The number of halogens is 2. The number of carbonyl (C=O) groups excluding carboxylic acids is 1. The third kappa shape index (κ3) is 4.01. The maximum atomic E-state index is 12.9. The molecule has 1 aliphatic heterocycles. The van der Waals surface area contributed by atoms with Crippen LogP contribution in [-0.4, -0.2) is 10.2 Å². The molecule has 1 saturated heterocycles. The van der Waals surface area contributed by atoms with Gasteiger partial charge in [-0.05, 0) is 48.4 Å². The highest BCUT2D eigenvalue weighted by Crippen LogP contribution is 2.38. The Kier molecular flexibility index (Phi) is 5.83. The van der Waals surface area contributed by atoms with E-state index in [1.807, 2.05) is 24.3 Å². The second-order valence-corrected chi connectivity index (χ2v) is 8.83. The van der Waals surface area contributed by atoms with Gasteiger partial charge in [0.2, 0.25) is 0 Å². The highest BCUT2D eigenvalue weighted by Gasteiger charge is 2.33. The number of furan rings is 1. The lowest BCUT2D eigenvalue weighted by atomic mass is 10.1. The molecule has 0 bridgehead atoms. The van der Waals surface area contributed by atoms with Crippen LogP contribution in [-0.2, 0) is 11.2 Å². The number of hydrogen-bond donors (Lipinski definition) is 0. The predicted molar refractivity (Wildman–Crippen MR) is 126 cm³/mol. The van der Waals surface area contributed by atoms with E-state index in [2.05, 4.69) is 6.92 Å². The lowest BCUT2D eigenvalue weighted by Gasteiger charge is -2.14. The summed E-state index contributed by atoms with van der Waals surface area (Å²) in [6, 6.07) is 16.7. The zero-order valence-corrected chi connectivity index (χ0v) is 18.5. The Hall–Kier alpha value is -2.05. The first-order valence-corrected chi connectivity index (χ1v) is 10.9. The Morgan fingerprint density at radius 1 is 1.07 bits per heavy atom. The van der Waals surface area contributed by atoms with E-state index >= 15 is 0 Å². The average Bonchev–Trinajstić information content (AvgIpc) is 3.26. The fraction of sp³-hybridized carbons (Fsp3) is 0.0909. The van der Waals surface area contributed by atoms with Crippen molar-refractivity contribution in [1.82, 2.24) is 0 Å². The van der Waals surface area contributed by atoms with E-state index in [1.165, 1.54) is 17.3 Å². The van der Waals surface area contributed by atoms with Gasteiger partial charge in [-0.1, -0.05) is 72.3 Å². The lowest BCUT2D eigenvalue weighted by Crippen LogP contribution is -2.27. The second-order valence-electron chi connectivity index (χ2n) is 6.34. The Morgan fingerprint density at radius 2 is 1.76 bits per heavy atom. The monoisotopic (exact) mass is 459 g/mol. The average molecular weight is 460 g/mol. The number of aryl methyl sites for hydroxylation is 1. The van der Waals surface area contributed by atoms with E-state index in [0.29, 0.717) is 36.4 Å². The van der Waals surface area contributed by atoms with Crippen LogP contribution in [0.5, 0.6) is 0 Å². The van der Waals surface area contributed by atoms with Gasteiger partial charge < -0.3 is 4.42 Å². The van der Waals surface area contributed by atoms with E-state index < -0.39 is 0 Å². The van der Waals surface area contributed by atoms with Gasteiger partial charge in [0.25, 0.3) is 5.91 Å². The van der Waals surface area contributed by atoms with Crippen molar-refractivity contribution in [2.75, 3.05) is 4.90 Å². The van der Waals surface area contributed by atoms with Crippen LogP contribution < -0.4 is 4.90 Å². The molecule has 1 aliphatic rings. The van der Waals surface area contributed by atoms with Crippen molar-refractivity contribution in [1.29, 1.82) is 0 Å². The Bertz CT molecular complexity index is 1120. The second kappa shape index (κ2) is 8.36. The summed E-state index contributed by atoms with van der Waals surface area (Å²) < 4.78 is 6.37. The quantitative estimate of drug-likeness (QED) is 0.304. The number of anilines is 1. The molecule has 0 radical (unpaired) electrons. The minimum Gasteiger partial charge on any atom is -0.457 e. The third-order valence-corrected chi connectivity index (χ3v) is 6.44. The molecule has 0 saturated carbocycles. The summed E-state index contributed by atoms with van der Waals surface area (Å²) in [5.41, 5.74) is 2.59. The third-order valence-electron chi connectivity index (χ3n) is 4.51. The number of carbonyl (C=O) groups is 1. The van der Waals surface area contributed by atoms with Gasteiger partial charge in [0.05, 0.1) is 26.2 Å². The summed E-state index contributed by atoms with van der Waals surface area (Å²) in [4.78, 5) is 15.0. The summed E-state index contributed by atoms with van der Waals surface area (Å²) >= 11 is 19.2. The minimum absolute atomic E-state index is 0.169. The smallest absolute Gasteiger partial charge is 0.270 e. The molecule has 0 atom stereocenters. The molecule has 2 heterocycles. The van der Waals surface area contributed by atoms with Crippen LogP contribution in [0.2, 0.25) is 10.0 Å². The van der Waals surface area contributed by atoms with Crippen molar-refractivity contribution in [2.24, 2.45) is 0 Å². The summed E-state index contributed by atoms with van der Waals surface area (Å²) in [7, 11) is 0. The maximum absolute atomic E-state index is 12.9. The first-order chi connectivity index (χ1) is 14.0. The molecule has 0 unspecified atom stereocenters. The van der Waals surface area contributed by atoms with Crippen molar-refractivity contribution >= 4 is 69.2 Å². The van der Waals surface area contributed by atoms with Crippen LogP contribution in [0, 0.1) is 0 Å². The van der Waals surface area contributed by atoms with Crippen molar-refractivity contribution in [2.45, 2.75) is 13.3 Å². The molecule has 7 heteroatoms. The molecule has 1 aromatic heterocycles. The van der Waals surface area contributed by atoms with Gasteiger partial charge in [-0.2, -0.15) is 0 Å². The van der Waals surface area contributed by atoms with Crippen LogP contribution in [0.25, 0.3) is 17.4 Å². The summed E-state index contributed by atoms with van der Waals surface area (Å²) in [5.74, 6) is 0.897. The van der Waals surface area contributed by atoms with Gasteiger partial charge in [0, 0.05) is 6.08 Å². The first-order valence-electron chi connectivity index (χ1n) is 8.89. The summed E-state index contributed by atoms with van der Waals surface area (Å²) in [6.45, 7) is 2.09. The SMILES string of the molecule is CCc1ccc(N2C(=O)/C(=C\c3ccc(-c4c(Cl)cccc4Cl)o3)SC2=S)cc1. The van der Waals surface area contributed by atoms with Crippen LogP contribution in [0.3, 0.4) is 0 Å². The van der Waals surface area contributed by atoms with Crippen molar-refractivity contribution in [3.63, 3.8) is 0 Å². The fourth-order valence-electron chi connectivity index (χ4n) is 3.00. The highest BCUT2D eigenvalue weighted by molar-refractivity contribution is 8.27. The van der Waals surface area contributed by atoms with Crippen LogP contribution >= 0.6 is 47.2 Å². The molecule has 2 aromatic carbocycles. The molecule has 1 amide bonds. The van der Waals surface area contributed by atoms with E-state index in [-0.39, 0.29) is 5.91 Å². The lowest BCUT2D eigenvalue weighted by molar-refractivity contribution is -0.113. The van der Waals surface area contributed by atoms with Crippen LogP contribution in [0.1, 0.15) is 18.2 Å². The molecule has 3 nitrogen and oxygen atoms in total. The number of benzene rings is 2. The van der Waals surface area contributed by atoms with Gasteiger partial charge in [0.1, 0.15) is 11.5 Å². The van der Waals surface area contributed by atoms with Crippen molar-refractivity contribution in [3.8, 4) is 11.3 Å². The molecule has 146 valence electrons. The Balaban J connectivity index is 1.62. The molecule has 0 aliphatic carbocycles. The number of nitrogens with zero attached hydrogens (tertiary/aromatic N) is 1. The molecule has 0 spiro atoms. The van der Waals surface area contributed by atoms with Crippen molar-refractivity contribution < 1.29 is 9.21 Å². The Labute approximate surface area is 188 Å². The van der Waals surface area contributed by atoms with Gasteiger partial charge in [-0.3, -0.25) is 9.69 Å². The van der Waals surface area contributed by atoms with E-state index in [9.17, 15) is 4.79 Å². The number of thioether (sulfide) groups is 1. The fourth-order valence-corrected chi connectivity index (χ4v) is 4.86. The van der Waals surface area contributed by atoms with E-state index in [4.69, 9.17) is 39.8 Å². The highest BCUT2D eigenvalue weighted by atomic mass is 35.5. The first kappa shape index (κ1) is 20.2. The zero-order valence-electron chi connectivity index (χ0n) is 15.3. The predicted octanol–water partition coefficient (Wildman–Crippen LogP) is 7.22. The minimum atomic E-state index is -0.169. The maximum Gasteiger partial charge on any atom is 0.270 e. The number of hydrogen-bond acceptors (Lipinski definition) is 4. The number of rotatable bonds is 4. The van der Waals surface area contributed by atoms with Gasteiger partial charge in [-0.25, -0.2) is 0 Å². The summed E-state index contributed by atoms with van der Waals surface area (Å²) in [5, 5.41) is 1.00. The van der Waals surface area contributed by atoms with Crippen LogP contribution in [0.15, 0.2) is 63.9 Å². The molecule has 0 N–H and O–H groups in total. The molecule has 29 heavy (non-hydrogen) atoms. The van der Waals surface area contributed by atoms with Gasteiger partial charge >= 0.3 is 0 Å².